The van der Waals surface area contributed by atoms with Gasteiger partial charge in [0.05, 0.1) is 17.8 Å². The van der Waals surface area contributed by atoms with Crippen LogP contribution in [0.3, 0.4) is 0 Å². The first-order chi connectivity index (χ1) is 14.8. The van der Waals surface area contributed by atoms with E-state index in [9.17, 15) is 0 Å². The maximum absolute atomic E-state index is 6.45. The summed E-state index contributed by atoms with van der Waals surface area (Å²) in [6.07, 6.45) is 5.38. The molecule has 0 saturated carbocycles. The van der Waals surface area contributed by atoms with E-state index in [1.165, 1.54) is 22.2 Å². The van der Waals surface area contributed by atoms with Crippen LogP contribution < -0.4 is 9.64 Å². The fraction of sp³-hybridized carbons (Fsp3) is 0.478. The highest BCUT2D eigenvalue weighted by Gasteiger charge is 2.24. The Morgan fingerprint density at radius 3 is 2.93 bits per heavy atom. The fourth-order valence-corrected chi connectivity index (χ4v) is 5.30. The van der Waals surface area contributed by atoms with E-state index in [0.717, 1.165) is 62.0 Å². The Kier molecular flexibility index (Phi) is 5.82. The molecule has 5 rings (SSSR count). The van der Waals surface area contributed by atoms with Crippen molar-refractivity contribution in [3.8, 4) is 5.75 Å². The van der Waals surface area contributed by atoms with Crippen LogP contribution in [-0.4, -0.2) is 53.4 Å². The summed E-state index contributed by atoms with van der Waals surface area (Å²) in [7, 11) is 1.74. The van der Waals surface area contributed by atoms with Crippen LogP contribution in [-0.2, 0) is 23.5 Å². The van der Waals surface area contributed by atoms with Crippen molar-refractivity contribution in [1.82, 2.24) is 14.8 Å². The smallest absolute Gasteiger partial charge is 0.151 e. The molecular formula is C23H28N4O2S. The highest BCUT2D eigenvalue weighted by molar-refractivity contribution is 7.98. The van der Waals surface area contributed by atoms with Crippen molar-refractivity contribution in [1.29, 1.82) is 0 Å². The molecule has 1 saturated heterocycles. The fourth-order valence-electron chi connectivity index (χ4n) is 4.35. The predicted molar refractivity (Wildman–Crippen MR) is 122 cm³/mol. The topological polar surface area (TPSA) is 52.4 Å². The Balaban J connectivity index is 1.24. The van der Waals surface area contributed by atoms with Crippen LogP contribution in [0.4, 0.5) is 5.82 Å². The van der Waals surface area contributed by atoms with Crippen molar-refractivity contribution < 1.29 is 9.47 Å². The summed E-state index contributed by atoms with van der Waals surface area (Å²) >= 11 is 1.99. The van der Waals surface area contributed by atoms with Crippen LogP contribution in [0, 0.1) is 0 Å². The molecule has 0 N–H and O–H groups in total. The Morgan fingerprint density at radius 2 is 2.07 bits per heavy atom. The van der Waals surface area contributed by atoms with Crippen LogP contribution in [0.2, 0.25) is 0 Å². The lowest BCUT2D eigenvalue weighted by Gasteiger charge is -2.33. The number of aryl methyl sites for hydroxylation is 1. The van der Waals surface area contributed by atoms with Gasteiger partial charge in [-0.3, -0.25) is 0 Å². The highest BCUT2D eigenvalue weighted by Crippen LogP contribution is 2.30. The number of rotatable bonds is 6. The number of ether oxygens (including phenoxy) is 2. The zero-order valence-corrected chi connectivity index (χ0v) is 18.2. The summed E-state index contributed by atoms with van der Waals surface area (Å²) in [5.41, 5.74) is 3.74. The molecule has 158 valence electrons. The largest absolute Gasteiger partial charge is 0.490 e. The lowest BCUT2D eigenvalue weighted by Crippen LogP contribution is -2.39. The molecule has 0 amide bonds. The molecule has 1 fully saturated rings. The van der Waals surface area contributed by atoms with E-state index in [4.69, 9.17) is 9.47 Å². The number of hydrogen-bond donors (Lipinski definition) is 0. The quantitative estimate of drug-likeness (QED) is 0.598. The minimum Gasteiger partial charge on any atom is -0.490 e. The summed E-state index contributed by atoms with van der Waals surface area (Å²) in [5, 5.41) is 10.2. The van der Waals surface area contributed by atoms with Gasteiger partial charge in [0.2, 0.25) is 0 Å². The van der Waals surface area contributed by atoms with Crippen molar-refractivity contribution >= 4 is 28.5 Å². The summed E-state index contributed by atoms with van der Waals surface area (Å²) < 4.78 is 13.9. The first-order valence-electron chi connectivity index (χ1n) is 10.7. The van der Waals surface area contributed by atoms with Crippen molar-refractivity contribution in [3.63, 3.8) is 0 Å². The molecule has 6 nitrogen and oxygen atoms in total. The number of piperidine rings is 1. The van der Waals surface area contributed by atoms with Crippen LogP contribution in [0.1, 0.15) is 24.1 Å². The molecule has 0 aliphatic carbocycles. The van der Waals surface area contributed by atoms with E-state index >= 15 is 0 Å². The number of benzene rings is 1. The van der Waals surface area contributed by atoms with E-state index in [-0.39, 0.29) is 6.10 Å². The molecule has 0 bridgehead atoms. The monoisotopic (exact) mass is 424 g/mol. The van der Waals surface area contributed by atoms with Gasteiger partial charge < -0.3 is 18.9 Å². The molecule has 2 aliphatic heterocycles. The number of aromatic nitrogens is 3. The first kappa shape index (κ1) is 19.7. The van der Waals surface area contributed by atoms with Gasteiger partial charge in [-0.25, -0.2) is 0 Å². The maximum atomic E-state index is 6.45. The maximum Gasteiger partial charge on any atom is 0.151 e. The van der Waals surface area contributed by atoms with Crippen molar-refractivity contribution in [2.24, 2.45) is 0 Å². The first-order valence-corrected chi connectivity index (χ1v) is 11.9. The van der Waals surface area contributed by atoms with Gasteiger partial charge in [0.1, 0.15) is 11.9 Å². The summed E-state index contributed by atoms with van der Waals surface area (Å²) in [5.74, 6) is 4.22. The van der Waals surface area contributed by atoms with Crippen molar-refractivity contribution in [3.05, 3.63) is 47.8 Å². The number of hydrogen-bond acceptors (Lipinski definition) is 6. The molecule has 1 aromatic carbocycles. The molecular weight excluding hydrogens is 396 g/mol. The van der Waals surface area contributed by atoms with E-state index < -0.39 is 0 Å². The van der Waals surface area contributed by atoms with E-state index in [0.29, 0.717) is 6.61 Å². The van der Waals surface area contributed by atoms with Crippen molar-refractivity contribution in [2.45, 2.75) is 37.7 Å². The van der Waals surface area contributed by atoms with E-state index in [2.05, 4.69) is 56.2 Å². The van der Waals surface area contributed by atoms with Crippen LogP contribution >= 0.6 is 11.8 Å². The lowest BCUT2D eigenvalue weighted by molar-refractivity contribution is 0.173. The molecule has 0 radical (unpaired) electrons. The SMILES string of the molecule is COCCn1ccc2c(OC3CCN(c4cc5c(nn4)CCSC5)CC3)cccc21. The standard InChI is InChI=1S/C23H28N4O2S/c1-28-13-12-26-11-7-19-21(26)3-2-4-22(19)29-18-5-9-27(10-6-18)23-15-17-16-30-14-8-20(17)24-25-23/h2-4,7,11,15,18H,5-6,8-10,12-14,16H2,1H3. The van der Waals surface area contributed by atoms with Crippen molar-refractivity contribution in [2.75, 3.05) is 37.5 Å². The summed E-state index contributed by atoms with van der Waals surface area (Å²) in [4.78, 5) is 2.36. The molecule has 4 heterocycles. The Labute approximate surface area is 181 Å². The number of thioether (sulfide) groups is 1. The molecule has 2 aliphatic rings. The van der Waals surface area contributed by atoms with Gasteiger partial charge >= 0.3 is 0 Å². The molecule has 7 heteroatoms. The second-order valence-electron chi connectivity index (χ2n) is 7.97. The second kappa shape index (κ2) is 8.86. The van der Waals surface area contributed by atoms with Gasteiger partial charge in [0, 0.05) is 63.3 Å². The van der Waals surface area contributed by atoms with Crippen LogP contribution in [0.25, 0.3) is 10.9 Å². The number of anilines is 1. The normalized spacial score (nSPS) is 17.3. The van der Waals surface area contributed by atoms with E-state index in [1.807, 2.05) is 11.8 Å². The minimum atomic E-state index is 0.232. The van der Waals surface area contributed by atoms with Gasteiger partial charge in [0.25, 0.3) is 0 Å². The van der Waals surface area contributed by atoms with Gasteiger partial charge in [0.15, 0.2) is 5.82 Å². The third-order valence-corrected chi connectivity index (χ3v) is 7.07. The van der Waals surface area contributed by atoms with Crippen LogP contribution in [0.15, 0.2) is 36.5 Å². The Hall–Kier alpha value is -2.25. The molecule has 30 heavy (non-hydrogen) atoms. The number of nitrogens with zero attached hydrogens (tertiary/aromatic N) is 4. The Morgan fingerprint density at radius 1 is 1.17 bits per heavy atom. The molecule has 0 unspecified atom stereocenters. The molecule has 3 aromatic rings. The van der Waals surface area contributed by atoms with Gasteiger partial charge in [-0.05, 0) is 35.6 Å². The van der Waals surface area contributed by atoms with Gasteiger partial charge in [-0.15, -0.1) is 5.10 Å². The van der Waals surface area contributed by atoms with Gasteiger partial charge in [-0.1, -0.05) is 6.07 Å². The van der Waals surface area contributed by atoms with E-state index in [1.54, 1.807) is 7.11 Å². The lowest BCUT2D eigenvalue weighted by atomic mass is 10.1. The summed E-state index contributed by atoms with van der Waals surface area (Å²) in [6.45, 7) is 3.46. The minimum absolute atomic E-state index is 0.232. The van der Waals surface area contributed by atoms with Gasteiger partial charge in [-0.2, -0.15) is 16.9 Å². The van der Waals surface area contributed by atoms with Crippen LogP contribution in [0.5, 0.6) is 5.75 Å². The molecule has 2 aromatic heterocycles. The average Bonchev–Trinajstić information content (AvgIpc) is 3.22. The predicted octanol–water partition coefficient (Wildman–Crippen LogP) is 3.91. The zero-order valence-electron chi connectivity index (χ0n) is 17.4. The third-order valence-electron chi connectivity index (χ3n) is 6.06. The highest BCUT2D eigenvalue weighted by atomic mass is 32.2. The second-order valence-corrected chi connectivity index (χ2v) is 9.08. The summed E-state index contributed by atoms with van der Waals surface area (Å²) in [6, 6.07) is 10.7. The molecule has 0 spiro atoms. The number of fused-ring (bicyclic) bond motifs is 2. The number of methoxy groups -OCH3 is 1. The molecule has 0 atom stereocenters. The average molecular weight is 425 g/mol. The Bertz CT molecular complexity index is 1010. The third kappa shape index (κ3) is 4.01. The zero-order chi connectivity index (χ0) is 20.3.